The van der Waals surface area contributed by atoms with Gasteiger partial charge in [-0.2, -0.15) is 0 Å². The Morgan fingerprint density at radius 3 is 2.26 bits per heavy atom. The van der Waals surface area contributed by atoms with Crippen LogP contribution in [0.15, 0.2) is 60.0 Å². The van der Waals surface area contributed by atoms with Crippen molar-refractivity contribution in [1.29, 1.82) is 0 Å². The minimum Gasteiger partial charge on any atom is -0.497 e. The van der Waals surface area contributed by atoms with Crippen molar-refractivity contribution < 1.29 is 19.1 Å². The summed E-state index contributed by atoms with van der Waals surface area (Å²) in [6.45, 7) is 3.20. The number of methoxy groups -OCH3 is 2. The van der Waals surface area contributed by atoms with Crippen LogP contribution in [0.2, 0.25) is 0 Å². The third kappa shape index (κ3) is 4.94. The van der Waals surface area contributed by atoms with Gasteiger partial charge < -0.3 is 19.3 Å². The maximum absolute atomic E-state index is 13.6. The lowest BCUT2D eigenvalue weighted by molar-refractivity contribution is -0.134. The van der Waals surface area contributed by atoms with E-state index in [0.29, 0.717) is 24.4 Å². The molecular weight excluding hydrogens is 448 g/mol. The molecule has 1 atom stereocenters. The average molecular weight is 479 g/mol. The molecule has 178 valence electrons. The summed E-state index contributed by atoms with van der Waals surface area (Å²) in [6.07, 6.45) is 1.59. The van der Waals surface area contributed by atoms with E-state index >= 15 is 0 Å². The van der Waals surface area contributed by atoms with E-state index in [1.807, 2.05) is 36.1 Å². The van der Waals surface area contributed by atoms with Gasteiger partial charge in [-0.25, -0.2) is 0 Å². The molecule has 1 unspecified atom stereocenters. The van der Waals surface area contributed by atoms with Gasteiger partial charge in [0.2, 0.25) is 5.91 Å². The zero-order valence-corrected chi connectivity index (χ0v) is 20.6. The Hall–Kier alpha value is -3.32. The van der Waals surface area contributed by atoms with Gasteiger partial charge >= 0.3 is 0 Å². The van der Waals surface area contributed by atoms with Gasteiger partial charge in [0.25, 0.3) is 5.91 Å². The van der Waals surface area contributed by atoms with E-state index in [1.54, 1.807) is 54.7 Å². The van der Waals surface area contributed by atoms with Crippen LogP contribution in [-0.4, -0.2) is 55.5 Å². The van der Waals surface area contributed by atoms with Crippen molar-refractivity contribution in [2.24, 2.45) is 0 Å². The van der Waals surface area contributed by atoms with Gasteiger partial charge in [0, 0.05) is 23.5 Å². The Labute approximate surface area is 204 Å². The smallest absolute Gasteiger partial charge is 0.254 e. The number of carbonyl (C=O) groups is 2. The summed E-state index contributed by atoms with van der Waals surface area (Å²) in [5, 5.41) is 2.09. The third-order valence-corrected chi connectivity index (χ3v) is 7.16. The van der Waals surface area contributed by atoms with E-state index in [4.69, 9.17) is 9.47 Å². The number of hydrogen-bond acceptors (Lipinski definition) is 5. The van der Waals surface area contributed by atoms with Gasteiger partial charge in [-0.3, -0.25) is 9.59 Å². The zero-order valence-electron chi connectivity index (χ0n) is 19.8. The van der Waals surface area contributed by atoms with E-state index < -0.39 is 0 Å². The molecule has 1 aliphatic rings. The van der Waals surface area contributed by atoms with Crippen LogP contribution in [-0.2, 0) is 11.2 Å². The van der Waals surface area contributed by atoms with Crippen molar-refractivity contribution in [3.05, 3.63) is 81.5 Å². The molecule has 34 heavy (non-hydrogen) atoms. The van der Waals surface area contributed by atoms with Crippen LogP contribution in [0.4, 0.5) is 0 Å². The number of rotatable bonds is 8. The standard InChI is InChI=1S/C27H30N2O4S/c1-4-15-28(27(31)20-7-11-22(33-3)12-8-20)18-25(30)29-16-13-24-23(14-17-34-24)26(29)19-5-9-21(32-2)10-6-19/h5-12,14,17,26H,4,13,15-16,18H2,1-3H3. The number of amides is 2. The van der Waals surface area contributed by atoms with E-state index in [9.17, 15) is 9.59 Å². The van der Waals surface area contributed by atoms with Crippen molar-refractivity contribution in [2.45, 2.75) is 25.8 Å². The van der Waals surface area contributed by atoms with Crippen LogP contribution in [0.5, 0.6) is 11.5 Å². The number of benzene rings is 2. The zero-order chi connectivity index (χ0) is 24.1. The van der Waals surface area contributed by atoms with Crippen LogP contribution < -0.4 is 9.47 Å². The van der Waals surface area contributed by atoms with Crippen molar-refractivity contribution in [3.8, 4) is 11.5 Å². The number of carbonyl (C=O) groups excluding carboxylic acids is 2. The molecule has 0 aliphatic carbocycles. The Morgan fingerprint density at radius 1 is 1.00 bits per heavy atom. The van der Waals surface area contributed by atoms with Crippen LogP contribution >= 0.6 is 11.3 Å². The number of fused-ring (bicyclic) bond motifs is 1. The van der Waals surface area contributed by atoms with E-state index in [0.717, 1.165) is 24.2 Å². The minimum atomic E-state index is -0.173. The Balaban J connectivity index is 1.58. The van der Waals surface area contributed by atoms with Gasteiger partial charge in [0.05, 0.1) is 20.3 Å². The van der Waals surface area contributed by atoms with Gasteiger partial charge in [-0.05, 0) is 71.8 Å². The molecule has 0 saturated heterocycles. The van der Waals surface area contributed by atoms with Gasteiger partial charge in [-0.15, -0.1) is 11.3 Å². The Morgan fingerprint density at radius 2 is 1.65 bits per heavy atom. The van der Waals surface area contributed by atoms with Crippen LogP contribution in [0.1, 0.15) is 45.7 Å². The molecule has 2 heterocycles. The van der Waals surface area contributed by atoms with E-state index in [1.165, 1.54) is 10.4 Å². The van der Waals surface area contributed by atoms with Crippen LogP contribution in [0.25, 0.3) is 0 Å². The lowest BCUT2D eigenvalue weighted by atomic mass is 9.93. The fraction of sp³-hybridized carbons (Fsp3) is 0.333. The lowest BCUT2D eigenvalue weighted by Crippen LogP contribution is -2.47. The summed E-state index contributed by atoms with van der Waals surface area (Å²) in [4.78, 5) is 31.8. The SMILES string of the molecule is CCCN(CC(=O)N1CCc2sccc2C1c1ccc(OC)cc1)C(=O)c1ccc(OC)cc1. The summed E-state index contributed by atoms with van der Waals surface area (Å²) in [5.74, 6) is 1.28. The molecule has 6 nitrogen and oxygen atoms in total. The lowest BCUT2D eigenvalue weighted by Gasteiger charge is -2.37. The first-order valence-corrected chi connectivity index (χ1v) is 12.4. The second-order valence-corrected chi connectivity index (χ2v) is 9.27. The summed E-state index contributed by atoms with van der Waals surface area (Å²) in [7, 11) is 3.24. The highest BCUT2D eigenvalue weighted by Gasteiger charge is 2.34. The summed E-state index contributed by atoms with van der Waals surface area (Å²) < 4.78 is 10.5. The first-order chi connectivity index (χ1) is 16.5. The fourth-order valence-electron chi connectivity index (χ4n) is 4.42. The number of nitrogens with zero attached hydrogens (tertiary/aromatic N) is 2. The molecule has 0 saturated carbocycles. The first kappa shape index (κ1) is 23.8. The molecule has 3 aromatic rings. The van der Waals surface area contributed by atoms with Gasteiger partial charge in [0.1, 0.15) is 18.0 Å². The summed E-state index contributed by atoms with van der Waals surface area (Å²) in [6, 6.07) is 16.8. The highest BCUT2D eigenvalue weighted by Crippen LogP contribution is 2.38. The molecule has 4 rings (SSSR count). The first-order valence-electron chi connectivity index (χ1n) is 11.5. The molecule has 0 N–H and O–H groups in total. The van der Waals surface area contributed by atoms with Crippen molar-refractivity contribution in [3.63, 3.8) is 0 Å². The molecule has 1 aromatic heterocycles. The number of ether oxygens (including phenoxy) is 2. The molecule has 0 bridgehead atoms. The molecule has 0 radical (unpaired) electrons. The fourth-order valence-corrected chi connectivity index (χ4v) is 5.33. The maximum Gasteiger partial charge on any atom is 0.254 e. The topological polar surface area (TPSA) is 59.1 Å². The van der Waals surface area contributed by atoms with Gasteiger partial charge in [-0.1, -0.05) is 19.1 Å². The number of hydrogen-bond donors (Lipinski definition) is 0. The van der Waals surface area contributed by atoms with Crippen molar-refractivity contribution >= 4 is 23.2 Å². The van der Waals surface area contributed by atoms with E-state index in [-0.39, 0.29) is 24.4 Å². The number of thiophene rings is 1. The highest BCUT2D eigenvalue weighted by molar-refractivity contribution is 7.10. The monoisotopic (exact) mass is 478 g/mol. The molecule has 1 aliphatic heterocycles. The minimum absolute atomic E-state index is 0.0465. The average Bonchev–Trinajstić information content (AvgIpc) is 3.36. The van der Waals surface area contributed by atoms with Crippen LogP contribution in [0, 0.1) is 0 Å². The highest BCUT2D eigenvalue weighted by atomic mass is 32.1. The molecule has 2 aromatic carbocycles. The quantitative estimate of drug-likeness (QED) is 0.467. The van der Waals surface area contributed by atoms with E-state index in [2.05, 4.69) is 11.4 Å². The molecular formula is C27H30N2O4S. The Bertz CT molecular complexity index is 1120. The molecule has 0 spiro atoms. The Kier molecular flexibility index (Phi) is 7.53. The third-order valence-electron chi connectivity index (χ3n) is 6.16. The second-order valence-electron chi connectivity index (χ2n) is 8.27. The van der Waals surface area contributed by atoms with Crippen molar-refractivity contribution in [2.75, 3.05) is 33.9 Å². The van der Waals surface area contributed by atoms with Crippen LogP contribution in [0.3, 0.4) is 0 Å². The second kappa shape index (κ2) is 10.7. The summed E-state index contributed by atoms with van der Waals surface area (Å²) >= 11 is 1.73. The van der Waals surface area contributed by atoms with Crippen molar-refractivity contribution in [1.82, 2.24) is 9.80 Å². The summed E-state index contributed by atoms with van der Waals surface area (Å²) in [5.41, 5.74) is 2.75. The van der Waals surface area contributed by atoms with Gasteiger partial charge in [0.15, 0.2) is 0 Å². The normalized spacial score (nSPS) is 14.9. The molecule has 2 amide bonds. The maximum atomic E-state index is 13.6. The molecule has 7 heteroatoms. The molecule has 0 fully saturated rings. The largest absolute Gasteiger partial charge is 0.497 e. The predicted molar refractivity (Wildman–Crippen MR) is 134 cm³/mol. The predicted octanol–water partition coefficient (Wildman–Crippen LogP) is 4.79.